The van der Waals surface area contributed by atoms with Crippen molar-refractivity contribution in [2.24, 2.45) is 0 Å². The Labute approximate surface area is 171 Å². The van der Waals surface area contributed by atoms with Crippen molar-refractivity contribution >= 4 is 23.2 Å². The van der Waals surface area contributed by atoms with Gasteiger partial charge in [-0.1, -0.05) is 6.07 Å². The van der Waals surface area contributed by atoms with Crippen LogP contribution in [0.3, 0.4) is 0 Å². The first-order valence-corrected chi connectivity index (χ1v) is 9.63. The molecule has 1 aliphatic rings. The van der Waals surface area contributed by atoms with Crippen LogP contribution in [0.15, 0.2) is 36.4 Å². The topological polar surface area (TPSA) is 79.9 Å². The van der Waals surface area contributed by atoms with Gasteiger partial charge >= 0.3 is 0 Å². The van der Waals surface area contributed by atoms with Gasteiger partial charge in [0.05, 0.1) is 14.2 Å². The van der Waals surface area contributed by atoms with E-state index in [9.17, 15) is 9.59 Å². The van der Waals surface area contributed by atoms with E-state index < -0.39 is 0 Å². The molecule has 7 heteroatoms. The number of anilines is 2. The highest BCUT2D eigenvalue weighted by Gasteiger charge is 2.22. The maximum Gasteiger partial charge on any atom is 0.224 e. The molecule has 0 fully saturated rings. The number of methoxy groups -OCH3 is 2. The van der Waals surface area contributed by atoms with Gasteiger partial charge in [0.1, 0.15) is 0 Å². The molecule has 3 rings (SSSR count). The summed E-state index contributed by atoms with van der Waals surface area (Å²) in [5, 5.41) is 6.00. The van der Waals surface area contributed by atoms with Gasteiger partial charge in [0.25, 0.3) is 0 Å². The van der Waals surface area contributed by atoms with Gasteiger partial charge in [0.15, 0.2) is 11.5 Å². The minimum Gasteiger partial charge on any atom is -0.493 e. The molecule has 0 unspecified atom stereocenters. The molecule has 2 amide bonds. The average molecular weight is 397 g/mol. The highest BCUT2D eigenvalue weighted by atomic mass is 16.5. The van der Waals surface area contributed by atoms with E-state index in [0.717, 1.165) is 29.1 Å². The van der Waals surface area contributed by atoms with Crippen LogP contribution in [0.1, 0.15) is 24.5 Å². The summed E-state index contributed by atoms with van der Waals surface area (Å²) in [5.41, 5.74) is 3.88. The minimum atomic E-state index is -0.114. The molecule has 2 aromatic carbocycles. The molecule has 29 heavy (non-hydrogen) atoms. The van der Waals surface area contributed by atoms with Crippen LogP contribution in [0.25, 0.3) is 0 Å². The highest BCUT2D eigenvalue weighted by Crippen LogP contribution is 2.33. The second-order valence-electron chi connectivity index (χ2n) is 6.98. The fourth-order valence-corrected chi connectivity index (χ4v) is 3.48. The summed E-state index contributed by atoms with van der Waals surface area (Å²) in [4.78, 5) is 25.7. The number of rotatable bonds is 7. The van der Waals surface area contributed by atoms with E-state index in [1.54, 1.807) is 14.2 Å². The van der Waals surface area contributed by atoms with Crippen molar-refractivity contribution in [1.29, 1.82) is 0 Å². The molecule has 0 aromatic heterocycles. The van der Waals surface area contributed by atoms with E-state index in [1.807, 2.05) is 41.3 Å². The van der Waals surface area contributed by atoms with E-state index >= 15 is 0 Å². The first-order valence-electron chi connectivity index (χ1n) is 9.63. The summed E-state index contributed by atoms with van der Waals surface area (Å²) in [7, 11) is 3.24. The SMILES string of the molecule is COc1cc2c(cc1OC)CN(C(=O)CCNc1cccc(NC(C)=O)c1)CC2. The van der Waals surface area contributed by atoms with Crippen LogP contribution in [-0.4, -0.2) is 44.0 Å². The van der Waals surface area contributed by atoms with Gasteiger partial charge < -0.3 is 25.0 Å². The zero-order valence-corrected chi connectivity index (χ0v) is 17.1. The summed E-state index contributed by atoms with van der Waals surface area (Å²) in [6, 6.07) is 11.4. The number of benzene rings is 2. The minimum absolute atomic E-state index is 0.107. The lowest BCUT2D eigenvalue weighted by Gasteiger charge is -2.29. The van der Waals surface area contributed by atoms with Gasteiger partial charge in [0.2, 0.25) is 11.8 Å². The van der Waals surface area contributed by atoms with Crippen LogP contribution in [0.4, 0.5) is 11.4 Å². The maximum atomic E-state index is 12.7. The average Bonchev–Trinajstić information content (AvgIpc) is 2.72. The lowest BCUT2D eigenvalue weighted by atomic mass is 9.98. The summed E-state index contributed by atoms with van der Waals surface area (Å²) < 4.78 is 10.7. The largest absolute Gasteiger partial charge is 0.493 e. The van der Waals surface area contributed by atoms with Crippen molar-refractivity contribution in [3.8, 4) is 11.5 Å². The van der Waals surface area contributed by atoms with Gasteiger partial charge in [-0.15, -0.1) is 0 Å². The number of hydrogen-bond donors (Lipinski definition) is 2. The third-order valence-corrected chi connectivity index (χ3v) is 4.92. The van der Waals surface area contributed by atoms with Gasteiger partial charge in [-0.25, -0.2) is 0 Å². The number of carbonyl (C=O) groups excluding carboxylic acids is 2. The molecule has 0 spiro atoms. The molecule has 154 valence electrons. The van der Waals surface area contributed by atoms with E-state index in [2.05, 4.69) is 10.6 Å². The van der Waals surface area contributed by atoms with Crippen molar-refractivity contribution < 1.29 is 19.1 Å². The molecule has 0 radical (unpaired) electrons. The Bertz CT molecular complexity index is 898. The zero-order chi connectivity index (χ0) is 20.8. The molecule has 1 heterocycles. The summed E-state index contributed by atoms with van der Waals surface area (Å²) in [6.45, 7) is 3.27. The molecular weight excluding hydrogens is 370 g/mol. The first kappa shape index (κ1) is 20.5. The predicted octanol–water partition coefficient (Wildman–Crippen LogP) is 3.05. The molecule has 0 aliphatic carbocycles. The Morgan fingerprint density at radius 3 is 2.41 bits per heavy atom. The molecule has 2 aromatic rings. The van der Waals surface area contributed by atoms with Crippen LogP contribution < -0.4 is 20.1 Å². The third kappa shape index (κ3) is 5.19. The van der Waals surface area contributed by atoms with Crippen LogP contribution in [0.2, 0.25) is 0 Å². The Kier molecular flexibility index (Phi) is 6.59. The van der Waals surface area contributed by atoms with E-state index in [-0.39, 0.29) is 11.8 Å². The summed E-state index contributed by atoms with van der Waals surface area (Å²) >= 11 is 0. The normalized spacial score (nSPS) is 12.7. The fourth-order valence-electron chi connectivity index (χ4n) is 3.48. The van der Waals surface area contributed by atoms with Crippen LogP contribution in [0, 0.1) is 0 Å². The standard InChI is InChI=1S/C22H27N3O4/c1-15(26)24-19-6-4-5-18(13-19)23-9-7-22(27)25-10-8-16-11-20(28-2)21(29-3)12-17(16)14-25/h4-6,11-13,23H,7-10,14H2,1-3H3,(H,24,26). The lowest BCUT2D eigenvalue weighted by molar-refractivity contribution is -0.131. The molecule has 0 saturated carbocycles. The lowest BCUT2D eigenvalue weighted by Crippen LogP contribution is -2.36. The Morgan fingerprint density at radius 2 is 1.72 bits per heavy atom. The second-order valence-corrected chi connectivity index (χ2v) is 6.98. The van der Waals surface area contributed by atoms with Gasteiger partial charge in [-0.2, -0.15) is 0 Å². The van der Waals surface area contributed by atoms with Gasteiger partial charge in [-0.3, -0.25) is 9.59 Å². The van der Waals surface area contributed by atoms with Crippen LogP contribution >= 0.6 is 0 Å². The molecule has 1 aliphatic heterocycles. The Balaban J connectivity index is 1.55. The number of amides is 2. The molecule has 7 nitrogen and oxygen atoms in total. The summed E-state index contributed by atoms with van der Waals surface area (Å²) in [6.07, 6.45) is 1.20. The van der Waals surface area contributed by atoms with Crippen LogP contribution in [-0.2, 0) is 22.6 Å². The van der Waals surface area contributed by atoms with Gasteiger partial charge in [-0.05, 0) is 47.9 Å². The number of nitrogens with one attached hydrogen (secondary N) is 2. The first-order chi connectivity index (χ1) is 14.0. The predicted molar refractivity (Wildman–Crippen MR) is 113 cm³/mol. The molecule has 0 atom stereocenters. The van der Waals surface area contributed by atoms with Crippen molar-refractivity contribution in [3.05, 3.63) is 47.5 Å². The number of nitrogens with zero attached hydrogens (tertiary/aromatic N) is 1. The smallest absolute Gasteiger partial charge is 0.224 e. The second kappa shape index (κ2) is 9.32. The van der Waals surface area contributed by atoms with Gasteiger partial charge in [0, 0.05) is 44.4 Å². The highest BCUT2D eigenvalue weighted by molar-refractivity contribution is 5.89. The molecule has 0 bridgehead atoms. The van der Waals surface area contributed by atoms with E-state index in [1.165, 1.54) is 12.5 Å². The van der Waals surface area contributed by atoms with Crippen molar-refractivity contribution in [2.45, 2.75) is 26.3 Å². The summed E-state index contributed by atoms with van der Waals surface area (Å²) in [5.74, 6) is 1.39. The number of ether oxygens (including phenoxy) is 2. The molecule has 0 saturated heterocycles. The van der Waals surface area contributed by atoms with E-state index in [0.29, 0.717) is 31.8 Å². The Hall–Kier alpha value is -3.22. The number of hydrogen-bond acceptors (Lipinski definition) is 5. The van der Waals surface area contributed by atoms with Crippen molar-refractivity contribution in [3.63, 3.8) is 0 Å². The maximum absolute atomic E-state index is 12.7. The Morgan fingerprint density at radius 1 is 1.03 bits per heavy atom. The van der Waals surface area contributed by atoms with Crippen LogP contribution in [0.5, 0.6) is 11.5 Å². The quantitative estimate of drug-likeness (QED) is 0.751. The fraction of sp³-hybridized carbons (Fsp3) is 0.364. The zero-order valence-electron chi connectivity index (χ0n) is 17.1. The van der Waals surface area contributed by atoms with E-state index in [4.69, 9.17) is 9.47 Å². The molecule has 2 N–H and O–H groups in total. The monoisotopic (exact) mass is 397 g/mol. The number of carbonyl (C=O) groups is 2. The van der Waals surface area contributed by atoms with Crippen molar-refractivity contribution in [1.82, 2.24) is 4.90 Å². The van der Waals surface area contributed by atoms with Crippen molar-refractivity contribution in [2.75, 3.05) is 37.9 Å². The number of fused-ring (bicyclic) bond motifs is 1. The third-order valence-electron chi connectivity index (χ3n) is 4.92. The molecular formula is C22H27N3O4.